The van der Waals surface area contributed by atoms with E-state index in [1.165, 1.54) is 5.57 Å². The van der Waals surface area contributed by atoms with Gasteiger partial charge in [0, 0.05) is 11.3 Å². The zero-order valence-corrected chi connectivity index (χ0v) is 13.2. The molecule has 108 valence electrons. The summed E-state index contributed by atoms with van der Waals surface area (Å²) in [5.74, 6) is 2.48. The first-order valence-electron chi connectivity index (χ1n) is 7.30. The van der Waals surface area contributed by atoms with Crippen LogP contribution in [0.2, 0.25) is 0 Å². The Labute approximate surface area is 122 Å². The number of hydrogen-bond donors (Lipinski definition) is 0. The van der Waals surface area contributed by atoms with Gasteiger partial charge in [-0.05, 0) is 18.9 Å². The molecule has 0 fully saturated rings. The summed E-state index contributed by atoms with van der Waals surface area (Å²) in [7, 11) is 0. The molecular formula is C17H25N3. The lowest BCUT2D eigenvalue weighted by Crippen LogP contribution is -2.16. The molecule has 0 saturated carbocycles. The van der Waals surface area contributed by atoms with Gasteiger partial charge in [0.1, 0.15) is 5.82 Å². The van der Waals surface area contributed by atoms with E-state index in [1.54, 1.807) is 0 Å². The number of hydrogen-bond acceptors (Lipinski definition) is 2. The van der Waals surface area contributed by atoms with Gasteiger partial charge < -0.3 is 0 Å². The summed E-state index contributed by atoms with van der Waals surface area (Å²) in [4.78, 5) is 4.76. The fraction of sp³-hybridized carbons (Fsp3) is 0.529. The second-order valence-electron chi connectivity index (χ2n) is 6.54. The van der Waals surface area contributed by atoms with E-state index in [2.05, 4.69) is 51.1 Å². The second-order valence-corrected chi connectivity index (χ2v) is 6.54. The Balaban J connectivity index is 2.43. The molecule has 1 aromatic heterocycles. The van der Waals surface area contributed by atoms with E-state index >= 15 is 0 Å². The van der Waals surface area contributed by atoms with Crippen molar-refractivity contribution in [1.29, 1.82) is 0 Å². The average molecular weight is 271 g/mol. The maximum absolute atomic E-state index is 4.76. The number of aromatic nitrogens is 3. The first-order valence-corrected chi connectivity index (χ1v) is 7.30. The Morgan fingerprint density at radius 2 is 2.10 bits per heavy atom. The predicted octanol–water partition coefficient (Wildman–Crippen LogP) is 4.31. The zero-order valence-electron chi connectivity index (χ0n) is 13.2. The normalized spacial score (nSPS) is 23.4. The van der Waals surface area contributed by atoms with Crippen molar-refractivity contribution in [2.75, 3.05) is 0 Å². The van der Waals surface area contributed by atoms with Gasteiger partial charge in [-0.15, -0.1) is 0 Å². The van der Waals surface area contributed by atoms with Crippen molar-refractivity contribution in [2.45, 2.75) is 58.4 Å². The summed E-state index contributed by atoms with van der Waals surface area (Å²) in [5.41, 5.74) is 1.20. The molecule has 0 bridgehead atoms. The lowest BCUT2D eigenvalue weighted by Gasteiger charge is -2.16. The molecule has 2 heterocycles. The Bertz CT molecular complexity index is 555. The summed E-state index contributed by atoms with van der Waals surface area (Å²) in [6.45, 7) is 14.7. The molecule has 0 aliphatic carbocycles. The van der Waals surface area contributed by atoms with E-state index in [-0.39, 0.29) is 11.5 Å². The fourth-order valence-electron chi connectivity index (χ4n) is 2.56. The largest absolute Gasteiger partial charge is 0.242 e. The number of allylic oxidation sites excluding steroid dienone is 5. The third-order valence-corrected chi connectivity index (χ3v) is 3.74. The Hall–Kier alpha value is -1.64. The van der Waals surface area contributed by atoms with Crippen molar-refractivity contribution in [1.82, 2.24) is 14.8 Å². The first-order chi connectivity index (χ1) is 9.38. The van der Waals surface area contributed by atoms with Crippen LogP contribution in [0.3, 0.4) is 0 Å². The van der Waals surface area contributed by atoms with E-state index < -0.39 is 0 Å². The Morgan fingerprint density at radius 1 is 1.40 bits per heavy atom. The highest BCUT2D eigenvalue weighted by Crippen LogP contribution is 2.39. The molecule has 0 spiro atoms. The topological polar surface area (TPSA) is 30.7 Å². The summed E-state index contributed by atoms with van der Waals surface area (Å²) < 4.78 is 2.10. The molecule has 3 heteroatoms. The highest BCUT2D eigenvalue weighted by Gasteiger charge is 2.34. The monoisotopic (exact) mass is 271 g/mol. The van der Waals surface area contributed by atoms with Crippen molar-refractivity contribution in [2.24, 2.45) is 0 Å². The minimum absolute atomic E-state index is 0.0109. The number of rotatable bonds is 3. The summed E-state index contributed by atoms with van der Waals surface area (Å²) in [6.07, 6.45) is 9.20. The highest BCUT2D eigenvalue weighted by molar-refractivity contribution is 5.29. The fourth-order valence-corrected chi connectivity index (χ4v) is 2.56. The van der Waals surface area contributed by atoms with Crippen LogP contribution < -0.4 is 0 Å². The smallest absolute Gasteiger partial charge is 0.156 e. The lowest BCUT2D eigenvalue weighted by molar-refractivity contribution is 0.494. The van der Waals surface area contributed by atoms with Crippen LogP contribution >= 0.6 is 0 Å². The first kappa shape index (κ1) is 14.8. The van der Waals surface area contributed by atoms with Gasteiger partial charge in [0.2, 0.25) is 0 Å². The average Bonchev–Trinajstić information content (AvgIpc) is 2.92. The van der Waals surface area contributed by atoms with Crippen LogP contribution in [0.1, 0.15) is 64.6 Å². The van der Waals surface area contributed by atoms with Gasteiger partial charge in [0.25, 0.3) is 0 Å². The van der Waals surface area contributed by atoms with E-state index in [4.69, 9.17) is 10.1 Å². The van der Waals surface area contributed by atoms with Crippen molar-refractivity contribution in [3.05, 3.63) is 48.1 Å². The van der Waals surface area contributed by atoms with Crippen LogP contribution in [0.25, 0.3) is 0 Å². The summed E-state index contributed by atoms with van der Waals surface area (Å²) in [6, 6.07) is 0.261. The maximum atomic E-state index is 4.76. The van der Waals surface area contributed by atoms with Crippen LogP contribution in [0.4, 0.5) is 0 Å². The third kappa shape index (κ3) is 2.62. The molecule has 0 aromatic carbocycles. The molecule has 3 nitrogen and oxygen atoms in total. The molecule has 1 aliphatic rings. The minimum atomic E-state index is -0.0109. The molecule has 1 aromatic rings. The van der Waals surface area contributed by atoms with Gasteiger partial charge in [0.15, 0.2) is 5.82 Å². The Morgan fingerprint density at radius 3 is 2.65 bits per heavy atom. The van der Waals surface area contributed by atoms with Crippen molar-refractivity contribution < 1.29 is 0 Å². The van der Waals surface area contributed by atoms with Gasteiger partial charge in [0.05, 0.1) is 6.04 Å². The maximum Gasteiger partial charge on any atom is 0.156 e. The van der Waals surface area contributed by atoms with E-state index in [9.17, 15) is 0 Å². The van der Waals surface area contributed by atoms with Crippen LogP contribution in [-0.4, -0.2) is 14.8 Å². The minimum Gasteiger partial charge on any atom is -0.242 e. The molecular weight excluding hydrogens is 246 g/mol. The molecule has 2 unspecified atom stereocenters. The van der Waals surface area contributed by atoms with Crippen LogP contribution in [0.15, 0.2) is 36.5 Å². The SMILES string of the molecule is C=C/C(=C\C=C/C)C1CC(C)c2nc(C(C)(C)C)nn21. The second kappa shape index (κ2) is 5.39. The van der Waals surface area contributed by atoms with Crippen molar-refractivity contribution >= 4 is 0 Å². The van der Waals surface area contributed by atoms with Gasteiger partial charge in [-0.2, -0.15) is 5.10 Å². The molecule has 2 atom stereocenters. The number of nitrogens with zero attached hydrogens (tertiary/aromatic N) is 3. The predicted molar refractivity (Wildman–Crippen MR) is 83.9 cm³/mol. The van der Waals surface area contributed by atoms with E-state index in [0.29, 0.717) is 5.92 Å². The molecule has 0 amide bonds. The van der Waals surface area contributed by atoms with Gasteiger partial charge in [-0.3, -0.25) is 0 Å². The van der Waals surface area contributed by atoms with Crippen molar-refractivity contribution in [3.8, 4) is 0 Å². The lowest BCUT2D eigenvalue weighted by atomic mass is 9.95. The molecule has 2 rings (SSSR count). The molecule has 20 heavy (non-hydrogen) atoms. The molecule has 0 radical (unpaired) electrons. The molecule has 0 saturated heterocycles. The van der Waals surface area contributed by atoms with Crippen LogP contribution in [0.5, 0.6) is 0 Å². The third-order valence-electron chi connectivity index (χ3n) is 3.74. The summed E-state index contributed by atoms with van der Waals surface area (Å²) in [5, 5.41) is 4.76. The highest BCUT2D eigenvalue weighted by atomic mass is 15.4. The molecule has 0 N–H and O–H groups in total. The van der Waals surface area contributed by atoms with E-state index in [1.807, 2.05) is 19.1 Å². The Kier molecular flexibility index (Phi) is 3.98. The van der Waals surface area contributed by atoms with Gasteiger partial charge in [-0.25, -0.2) is 9.67 Å². The van der Waals surface area contributed by atoms with Gasteiger partial charge in [-0.1, -0.05) is 58.6 Å². The zero-order chi connectivity index (χ0) is 14.9. The van der Waals surface area contributed by atoms with Crippen molar-refractivity contribution in [3.63, 3.8) is 0 Å². The van der Waals surface area contributed by atoms with Gasteiger partial charge >= 0.3 is 0 Å². The standard InChI is InChI=1S/C17H25N3/c1-7-9-10-13(8-2)14-11-12(3)15-18-16(17(4,5)6)19-20(14)15/h7-10,12,14H,2,11H2,1,3-6H3/b9-7-,13-10+. The van der Waals surface area contributed by atoms with Crippen LogP contribution in [0, 0.1) is 0 Å². The van der Waals surface area contributed by atoms with E-state index in [0.717, 1.165) is 18.1 Å². The van der Waals surface area contributed by atoms with Crippen LogP contribution in [-0.2, 0) is 5.41 Å². The summed E-state index contributed by atoms with van der Waals surface area (Å²) >= 11 is 0. The molecule has 1 aliphatic heterocycles. The quantitative estimate of drug-likeness (QED) is 0.767. The number of fused-ring (bicyclic) bond motifs is 1.